The van der Waals surface area contributed by atoms with Crippen LogP contribution in [0.3, 0.4) is 0 Å². The topological polar surface area (TPSA) is 105 Å². The van der Waals surface area contributed by atoms with Gasteiger partial charge in [-0.25, -0.2) is 24.0 Å². The number of fused-ring (bicyclic) bond motifs is 2. The van der Waals surface area contributed by atoms with Crippen molar-refractivity contribution < 1.29 is 4.39 Å². The highest BCUT2D eigenvalue weighted by Gasteiger charge is 2.26. The molecule has 38 heavy (non-hydrogen) atoms. The second-order valence-corrected chi connectivity index (χ2v) is 9.38. The minimum atomic E-state index is -0.591. The van der Waals surface area contributed by atoms with Gasteiger partial charge in [0, 0.05) is 5.56 Å². The normalized spacial score (nSPS) is 12.3. The van der Waals surface area contributed by atoms with E-state index in [9.17, 15) is 9.18 Å². The quantitative estimate of drug-likeness (QED) is 0.326. The van der Waals surface area contributed by atoms with Crippen molar-refractivity contribution in [1.29, 1.82) is 0 Å². The number of hydrogen-bond acceptors (Lipinski definition) is 6. The molecule has 0 aliphatic rings. The van der Waals surface area contributed by atoms with Gasteiger partial charge in [0.05, 0.1) is 27.0 Å². The molecule has 3 heterocycles. The summed E-state index contributed by atoms with van der Waals surface area (Å²) in [6.07, 6.45) is 1.35. The van der Waals surface area contributed by atoms with E-state index in [-0.39, 0.29) is 17.2 Å². The lowest BCUT2D eigenvalue weighted by Crippen LogP contribution is -2.27. The van der Waals surface area contributed by atoms with Crippen molar-refractivity contribution in [3.05, 3.63) is 106 Å². The lowest BCUT2D eigenvalue weighted by atomic mass is 10.1. The Labute approximate surface area is 221 Å². The summed E-state index contributed by atoms with van der Waals surface area (Å²) < 4.78 is 17.7. The molecule has 6 aromatic rings. The zero-order valence-corrected chi connectivity index (χ0v) is 21.2. The Kier molecular flexibility index (Phi) is 5.65. The van der Waals surface area contributed by atoms with Crippen LogP contribution in [-0.2, 0) is 0 Å². The minimum absolute atomic E-state index is 0.211. The van der Waals surface area contributed by atoms with Crippen molar-refractivity contribution in [2.75, 3.05) is 5.73 Å². The molecule has 0 bridgehead atoms. The first-order valence-electron chi connectivity index (χ1n) is 11.9. The summed E-state index contributed by atoms with van der Waals surface area (Å²) in [6.45, 7) is 3.55. The monoisotopic (exact) mass is 525 g/mol. The largest absolute Gasteiger partial charge is 0.383 e. The molecule has 1 unspecified atom stereocenters. The molecule has 0 spiro atoms. The first-order chi connectivity index (χ1) is 18.3. The van der Waals surface area contributed by atoms with Crippen molar-refractivity contribution in [3.63, 3.8) is 0 Å². The standard InChI is InChI=1S/C28H21ClFN7O/c1-15-11-12-17(13-20(15)30)24-23-25(31)32-14-33-27(23)37(35-24)16(2)26-34-21-10-6-9-19(29)22(21)28(38)36(26)18-7-4-3-5-8-18/h3-14,16H,1-2H3,(H2,31,32,33). The maximum absolute atomic E-state index is 14.5. The van der Waals surface area contributed by atoms with Crippen LogP contribution >= 0.6 is 11.6 Å². The third kappa shape index (κ3) is 3.71. The van der Waals surface area contributed by atoms with Gasteiger partial charge in [0.25, 0.3) is 5.56 Å². The summed E-state index contributed by atoms with van der Waals surface area (Å²) in [5.41, 5.74) is 8.96. The molecule has 0 aliphatic carbocycles. The molecule has 6 rings (SSSR count). The fourth-order valence-corrected chi connectivity index (χ4v) is 4.88. The average molecular weight is 526 g/mol. The number of para-hydroxylation sites is 1. The predicted molar refractivity (Wildman–Crippen MR) is 146 cm³/mol. The highest BCUT2D eigenvalue weighted by atomic mass is 35.5. The molecule has 2 N–H and O–H groups in total. The van der Waals surface area contributed by atoms with Gasteiger partial charge in [0.2, 0.25) is 0 Å². The molecule has 3 aromatic heterocycles. The molecule has 0 amide bonds. The molecule has 0 saturated carbocycles. The van der Waals surface area contributed by atoms with Gasteiger partial charge in [-0.1, -0.05) is 48.0 Å². The Morgan fingerprint density at radius 3 is 2.55 bits per heavy atom. The highest BCUT2D eigenvalue weighted by Crippen LogP contribution is 2.34. The molecule has 0 radical (unpaired) electrons. The fraction of sp³-hybridized carbons (Fsp3) is 0.107. The molecular weight excluding hydrogens is 505 g/mol. The lowest BCUT2D eigenvalue weighted by Gasteiger charge is -2.19. The molecular formula is C28H21ClFN7O. The number of aromatic nitrogens is 6. The maximum Gasteiger partial charge on any atom is 0.267 e. The van der Waals surface area contributed by atoms with Crippen LogP contribution in [0.1, 0.15) is 24.4 Å². The van der Waals surface area contributed by atoms with E-state index in [1.54, 1.807) is 41.9 Å². The lowest BCUT2D eigenvalue weighted by molar-refractivity contribution is 0.536. The average Bonchev–Trinajstić information content (AvgIpc) is 3.31. The van der Waals surface area contributed by atoms with Crippen molar-refractivity contribution in [2.45, 2.75) is 19.9 Å². The zero-order chi connectivity index (χ0) is 26.6. The van der Waals surface area contributed by atoms with E-state index in [4.69, 9.17) is 27.4 Å². The van der Waals surface area contributed by atoms with Crippen molar-refractivity contribution in [1.82, 2.24) is 29.3 Å². The molecule has 3 aromatic carbocycles. The van der Waals surface area contributed by atoms with Crippen LogP contribution in [0, 0.1) is 12.7 Å². The zero-order valence-electron chi connectivity index (χ0n) is 20.4. The van der Waals surface area contributed by atoms with Gasteiger partial charge in [0.15, 0.2) is 5.65 Å². The van der Waals surface area contributed by atoms with Crippen molar-refractivity contribution in [3.8, 4) is 16.9 Å². The first kappa shape index (κ1) is 23.7. The van der Waals surface area contributed by atoms with Gasteiger partial charge in [0.1, 0.15) is 35.5 Å². The number of benzene rings is 3. The van der Waals surface area contributed by atoms with Crippen LogP contribution in [0.15, 0.2) is 77.9 Å². The van der Waals surface area contributed by atoms with Crippen molar-refractivity contribution >= 4 is 39.4 Å². The van der Waals surface area contributed by atoms with Crippen LogP contribution < -0.4 is 11.3 Å². The SMILES string of the molecule is Cc1ccc(-c2nn(C(C)c3nc4cccc(Cl)c4c(=O)n3-c3ccccc3)c3ncnc(N)c23)cc1F. The number of nitrogen functional groups attached to an aromatic ring is 1. The van der Waals surface area contributed by atoms with Gasteiger partial charge in [-0.2, -0.15) is 5.10 Å². The van der Waals surface area contributed by atoms with Gasteiger partial charge in [-0.05, 0) is 49.7 Å². The Bertz CT molecular complexity index is 1920. The number of aryl methyl sites for hydroxylation is 1. The van der Waals surface area contributed by atoms with Crippen LogP contribution in [0.25, 0.3) is 38.9 Å². The number of nitrogens with two attached hydrogens (primary N) is 1. The second kappa shape index (κ2) is 9.04. The predicted octanol–water partition coefficient (Wildman–Crippen LogP) is 5.48. The van der Waals surface area contributed by atoms with E-state index in [1.807, 2.05) is 37.3 Å². The number of rotatable bonds is 4. The second-order valence-electron chi connectivity index (χ2n) is 8.97. The Hall–Kier alpha value is -4.63. The molecule has 1 atom stereocenters. The summed E-state index contributed by atoms with van der Waals surface area (Å²) in [6, 6.07) is 18.6. The smallest absolute Gasteiger partial charge is 0.267 e. The molecule has 0 saturated heterocycles. The Balaban J connectivity index is 1.65. The van der Waals surface area contributed by atoms with E-state index >= 15 is 0 Å². The third-order valence-electron chi connectivity index (χ3n) is 6.59. The summed E-state index contributed by atoms with van der Waals surface area (Å²) in [5, 5.41) is 5.94. The van der Waals surface area contributed by atoms with Crippen LogP contribution in [-0.4, -0.2) is 29.3 Å². The molecule has 0 aliphatic heterocycles. The molecule has 188 valence electrons. The Morgan fingerprint density at radius 1 is 1.00 bits per heavy atom. The number of halogens is 2. The Morgan fingerprint density at radius 2 is 1.79 bits per heavy atom. The number of hydrogen-bond donors (Lipinski definition) is 1. The van der Waals surface area contributed by atoms with Gasteiger partial charge >= 0.3 is 0 Å². The van der Waals surface area contributed by atoms with E-state index in [1.165, 1.54) is 17.0 Å². The van der Waals surface area contributed by atoms with Crippen molar-refractivity contribution in [2.24, 2.45) is 0 Å². The summed E-state index contributed by atoms with van der Waals surface area (Å²) in [7, 11) is 0. The minimum Gasteiger partial charge on any atom is -0.383 e. The molecule has 0 fully saturated rings. The molecule has 10 heteroatoms. The number of anilines is 1. The van der Waals surface area contributed by atoms with Crippen LogP contribution in [0.4, 0.5) is 10.2 Å². The summed E-state index contributed by atoms with van der Waals surface area (Å²) in [5.74, 6) is 0.266. The first-order valence-corrected chi connectivity index (χ1v) is 12.2. The van der Waals surface area contributed by atoms with E-state index in [0.717, 1.165) is 0 Å². The number of nitrogens with zero attached hydrogens (tertiary/aromatic N) is 6. The summed E-state index contributed by atoms with van der Waals surface area (Å²) >= 11 is 6.43. The van der Waals surface area contributed by atoms with Crippen LogP contribution in [0.2, 0.25) is 5.02 Å². The van der Waals surface area contributed by atoms with Gasteiger partial charge in [-0.15, -0.1) is 0 Å². The maximum atomic E-state index is 14.5. The van der Waals surface area contributed by atoms with E-state index in [2.05, 4.69) is 9.97 Å². The van der Waals surface area contributed by atoms with Gasteiger partial charge in [-0.3, -0.25) is 9.36 Å². The van der Waals surface area contributed by atoms with E-state index < -0.39 is 6.04 Å². The van der Waals surface area contributed by atoms with Gasteiger partial charge < -0.3 is 5.73 Å². The third-order valence-corrected chi connectivity index (χ3v) is 6.91. The molecule has 8 nitrogen and oxygen atoms in total. The van der Waals surface area contributed by atoms with Crippen LogP contribution in [0.5, 0.6) is 0 Å². The summed E-state index contributed by atoms with van der Waals surface area (Å²) in [4.78, 5) is 27.3. The highest BCUT2D eigenvalue weighted by molar-refractivity contribution is 6.35. The van der Waals surface area contributed by atoms with E-state index in [0.29, 0.717) is 55.3 Å². The fourth-order valence-electron chi connectivity index (χ4n) is 4.63.